The molecule has 5 nitrogen and oxygen atoms in total. The van der Waals surface area contributed by atoms with Crippen molar-refractivity contribution in [2.45, 2.75) is 13.0 Å². The normalized spacial score (nSPS) is 12.2. The Labute approximate surface area is 106 Å². The highest BCUT2D eigenvalue weighted by molar-refractivity contribution is 5.67. The molecule has 0 bridgehead atoms. The number of rotatable bonds is 4. The maximum atomic E-state index is 5.72. The second kappa shape index (κ2) is 5.10. The molecule has 0 fully saturated rings. The van der Waals surface area contributed by atoms with Crippen LogP contribution in [-0.2, 0) is 0 Å². The maximum Gasteiger partial charge on any atom is 0.211 e. The van der Waals surface area contributed by atoms with E-state index in [2.05, 4.69) is 4.98 Å². The van der Waals surface area contributed by atoms with Gasteiger partial charge in [-0.2, -0.15) is 0 Å². The SMILES string of the molecule is COc1ccc(OC)c(-c2cnc(C(C)N)o2)c1. The molecule has 18 heavy (non-hydrogen) atoms. The molecule has 1 aromatic carbocycles. The van der Waals surface area contributed by atoms with Crippen molar-refractivity contribution in [1.82, 2.24) is 4.98 Å². The lowest BCUT2D eigenvalue weighted by Gasteiger charge is -2.08. The number of nitrogens with zero attached hydrogens (tertiary/aromatic N) is 1. The predicted molar refractivity (Wildman–Crippen MR) is 67.6 cm³/mol. The summed E-state index contributed by atoms with van der Waals surface area (Å²) in [5.41, 5.74) is 6.51. The second-order valence-corrected chi connectivity index (χ2v) is 3.92. The minimum Gasteiger partial charge on any atom is -0.497 e. The summed E-state index contributed by atoms with van der Waals surface area (Å²) < 4.78 is 16.1. The lowest BCUT2D eigenvalue weighted by molar-refractivity contribution is 0.402. The molecule has 0 saturated carbocycles. The van der Waals surface area contributed by atoms with Gasteiger partial charge in [0.1, 0.15) is 11.5 Å². The number of hydrogen-bond donors (Lipinski definition) is 1. The molecule has 0 amide bonds. The fraction of sp³-hybridized carbons (Fsp3) is 0.308. The fourth-order valence-electron chi connectivity index (χ4n) is 1.63. The third kappa shape index (κ3) is 2.31. The molecule has 1 heterocycles. The van der Waals surface area contributed by atoms with Crippen LogP contribution in [0, 0.1) is 0 Å². The molecule has 0 saturated heterocycles. The zero-order chi connectivity index (χ0) is 13.1. The van der Waals surface area contributed by atoms with Gasteiger partial charge in [-0.3, -0.25) is 0 Å². The van der Waals surface area contributed by atoms with Gasteiger partial charge in [-0.1, -0.05) is 0 Å². The Morgan fingerprint density at radius 1 is 1.28 bits per heavy atom. The van der Waals surface area contributed by atoms with E-state index >= 15 is 0 Å². The van der Waals surface area contributed by atoms with Gasteiger partial charge in [0, 0.05) is 0 Å². The van der Waals surface area contributed by atoms with Gasteiger partial charge in [-0.05, 0) is 25.1 Å². The Morgan fingerprint density at radius 2 is 2.06 bits per heavy atom. The first-order valence-electron chi connectivity index (χ1n) is 5.59. The third-order valence-electron chi connectivity index (χ3n) is 2.59. The van der Waals surface area contributed by atoms with Crippen molar-refractivity contribution in [3.63, 3.8) is 0 Å². The predicted octanol–water partition coefficient (Wildman–Crippen LogP) is 2.38. The maximum absolute atomic E-state index is 5.72. The molecule has 0 aliphatic carbocycles. The van der Waals surface area contributed by atoms with Crippen LogP contribution in [-0.4, -0.2) is 19.2 Å². The van der Waals surface area contributed by atoms with Crippen molar-refractivity contribution >= 4 is 0 Å². The number of oxazole rings is 1. The van der Waals surface area contributed by atoms with Crippen molar-refractivity contribution in [2.75, 3.05) is 14.2 Å². The minimum atomic E-state index is -0.240. The molecular weight excluding hydrogens is 232 g/mol. The molecule has 0 spiro atoms. The summed E-state index contributed by atoms with van der Waals surface area (Å²) in [5, 5.41) is 0. The Morgan fingerprint density at radius 3 is 2.61 bits per heavy atom. The van der Waals surface area contributed by atoms with Crippen LogP contribution in [0.4, 0.5) is 0 Å². The zero-order valence-electron chi connectivity index (χ0n) is 10.6. The monoisotopic (exact) mass is 248 g/mol. The lowest BCUT2D eigenvalue weighted by atomic mass is 10.1. The van der Waals surface area contributed by atoms with Crippen LogP contribution in [0.25, 0.3) is 11.3 Å². The Balaban J connectivity index is 2.46. The van der Waals surface area contributed by atoms with Gasteiger partial charge in [0.2, 0.25) is 5.89 Å². The van der Waals surface area contributed by atoms with Crippen molar-refractivity contribution < 1.29 is 13.9 Å². The second-order valence-electron chi connectivity index (χ2n) is 3.92. The quantitative estimate of drug-likeness (QED) is 0.899. The van der Waals surface area contributed by atoms with Gasteiger partial charge in [0.25, 0.3) is 0 Å². The van der Waals surface area contributed by atoms with Crippen LogP contribution in [0.3, 0.4) is 0 Å². The van der Waals surface area contributed by atoms with Crippen molar-refractivity contribution in [3.05, 3.63) is 30.3 Å². The molecule has 1 aromatic heterocycles. The van der Waals surface area contributed by atoms with Gasteiger partial charge in [0.05, 0.1) is 32.0 Å². The van der Waals surface area contributed by atoms with Crippen molar-refractivity contribution in [1.29, 1.82) is 0 Å². The Kier molecular flexibility index (Phi) is 3.53. The van der Waals surface area contributed by atoms with E-state index in [4.69, 9.17) is 19.6 Å². The number of aromatic nitrogens is 1. The van der Waals surface area contributed by atoms with E-state index < -0.39 is 0 Å². The van der Waals surface area contributed by atoms with E-state index in [0.29, 0.717) is 17.4 Å². The average Bonchev–Trinajstić information content (AvgIpc) is 2.87. The van der Waals surface area contributed by atoms with E-state index in [9.17, 15) is 0 Å². The summed E-state index contributed by atoms with van der Waals surface area (Å²) in [6, 6.07) is 5.24. The number of methoxy groups -OCH3 is 2. The molecule has 1 unspecified atom stereocenters. The topological polar surface area (TPSA) is 70.5 Å². The summed E-state index contributed by atoms with van der Waals surface area (Å²) in [5.74, 6) is 2.53. The first-order valence-corrected chi connectivity index (χ1v) is 5.59. The molecule has 0 radical (unpaired) electrons. The van der Waals surface area contributed by atoms with Gasteiger partial charge in [-0.25, -0.2) is 4.98 Å². The van der Waals surface area contributed by atoms with Crippen LogP contribution < -0.4 is 15.2 Å². The van der Waals surface area contributed by atoms with Crippen LogP contribution in [0.2, 0.25) is 0 Å². The van der Waals surface area contributed by atoms with E-state index in [-0.39, 0.29) is 6.04 Å². The van der Waals surface area contributed by atoms with Gasteiger partial charge in [-0.15, -0.1) is 0 Å². The average molecular weight is 248 g/mol. The lowest BCUT2D eigenvalue weighted by Crippen LogP contribution is -2.04. The molecule has 96 valence electrons. The summed E-state index contributed by atoms with van der Waals surface area (Å²) in [7, 11) is 3.22. The summed E-state index contributed by atoms with van der Waals surface area (Å²) in [6.45, 7) is 1.82. The van der Waals surface area contributed by atoms with E-state index in [0.717, 1.165) is 11.3 Å². The summed E-state index contributed by atoms with van der Waals surface area (Å²) in [4.78, 5) is 4.13. The van der Waals surface area contributed by atoms with Gasteiger partial charge in [0.15, 0.2) is 5.76 Å². The van der Waals surface area contributed by atoms with E-state index in [1.165, 1.54) is 0 Å². The molecule has 2 rings (SSSR count). The van der Waals surface area contributed by atoms with Gasteiger partial charge < -0.3 is 19.6 Å². The van der Waals surface area contributed by atoms with E-state index in [1.54, 1.807) is 20.4 Å². The molecule has 0 aliphatic heterocycles. The fourth-order valence-corrected chi connectivity index (χ4v) is 1.63. The van der Waals surface area contributed by atoms with Crippen molar-refractivity contribution in [3.8, 4) is 22.8 Å². The third-order valence-corrected chi connectivity index (χ3v) is 2.59. The molecule has 2 N–H and O–H groups in total. The number of nitrogens with two attached hydrogens (primary N) is 1. The highest BCUT2D eigenvalue weighted by Gasteiger charge is 2.14. The van der Waals surface area contributed by atoms with Gasteiger partial charge >= 0.3 is 0 Å². The first-order chi connectivity index (χ1) is 8.65. The number of hydrogen-bond acceptors (Lipinski definition) is 5. The van der Waals surface area contributed by atoms with Crippen molar-refractivity contribution in [2.24, 2.45) is 5.73 Å². The summed E-state index contributed by atoms with van der Waals surface area (Å²) >= 11 is 0. The largest absolute Gasteiger partial charge is 0.497 e. The van der Waals surface area contributed by atoms with Crippen LogP contribution in [0.15, 0.2) is 28.8 Å². The smallest absolute Gasteiger partial charge is 0.211 e. The Hall–Kier alpha value is -2.01. The highest BCUT2D eigenvalue weighted by Crippen LogP contribution is 2.34. The van der Waals surface area contributed by atoms with Crippen LogP contribution in [0.1, 0.15) is 18.9 Å². The Bertz CT molecular complexity index is 535. The zero-order valence-corrected chi connectivity index (χ0v) is 10.6. The highest BCUT2D eigenvalue weighted by atomic mass is 16.5. The standard InChI is InChI=1S/C13H16N2O3/c1-8(14)13-15-7-12(18-13)10-6-9(16-2)4-5-11(10)17-3/h4-8H,14H2,1-3H3. The molecule has 1 atom stereocenters. The molecule has 5 heteroatoms. The summed E-state index contributed by atoms with van der Waals surface area (Å²) in [6.07, 6.45) is 1.63. The molecular formula is C13H16N2O3. The van der Waals surface area contributed by atoms with Crippen LogP contribution in [0.5, 0.6) is 11.5 Å². The first kappa shape index (κ1) is 12.4. The number of ether oxygens (including phenoxy) is 2. The molecule has 0 aliphatic rings. The molecule has 2 aromatic rings. The van der Waals surface area contributed by atoms with Crippen LogP contribution >= 0.6 is 0 Å². The van der Waals surface area contributed by atoms with E-state index in [1.807, 2.05) is 25.1 Å². The minimum absolute atomic E-state index is 0.240. The number of benzene rings is 1.